The standard InChI is InChI=1S/C22H28FN5O2/c1-12-18(10-16-15-9-14(23)3-4-17(15)27-22(16)30)26-13(2)21(12)19(11-20(24)29)28-7-5-25-6-8-28/h3-4,9,16,19,25-26H,5-8,10-11H2,1-2H3,(H2,24,29)(H,27,30). The maximum absolute atomic E-state index is 13.8. The highest BCUT2D eigenvalue weighted by Crippen LogP contribution is 2.38. The largest absolute Gasteiger partial charge is 0.370 e. The first-order valence-corrected chi connectivity index (χ1v) is 10.4. The van der Waals surface area contributed by atoms with Crippen LogP contribution < -0.4 is 16.4 Å². The van der Waals surface area contributed by atoms with Gasteiger partial charge in [0, 0.05) is 62.1 Å². The molecule has 1 aromatic carbocycles. The number of carbonyl (C=O) groups is 2. The summed E-state index contributed by atoms with van der Waals surface area (Å²) in [6, 6.07) is 4.29. The molecule has 0 saturated carbocycles. The Balaban J connectivity index is 1.65. The maximum atomic E-state index is 13.8. The Labute approximate surface area is 175 Å². The number of aromatic amines is 1. The molecule has 2 unspecified atom stereocenters. The van der Waals surface area contributed by atoms with Crippen LogP contribution in [0.3, 0.4) is 0 Å². The summed E-state index contributed by atoms with van der Waals surface area (Å²) in [6.45, 7) is 7.43. The Kier molecular flexibility index (Phi) is 5.62. The van der Waals surface area contributed by atoms with Gasteiger partial charge in [0.05, 0.1) is 5.92 Å². The molecule has 7 nitrogen and oxygen atoms in total. The monoisotopic (exact) mass is 413 g/mol. The van der Waals surface area contributed by atoms with Crippen molar-refractivity contribution in [3.05, 3.63) is 52.1 Å². The lowest BCUT2D eigenvalue weighted by Gasteiger charge is -2.35. The van der Waals surface area contributed by atoms with Gasteiger partial charge in [-0.3, -0.25) is 14.5 Å². The van der Waals surface area contributed by atoms with Gasteiger partial charge in [-0.25, -0.2) is 4.39 Å². The van der Waals surface area contributed by atoms with Gasteiger partial charge < -0.3 is 21.4 Å². The van der Waals surface area contributed by atoms with Crippen molar-refractivity contribution in [1.82, 2.24) is 15.2 Å². The molecule has 1 saturated heterocycles. The van der Waals surface area contributed by atoms with Crippen molar-refractivity contribution in [1.29, 1.82) is 0 Å². The summed E-state index contributed by atoms with van der Waals surface area (Å²) in [5, 5.41) is 6.18. The molecular weight excluding hydrogens is 385 g/mol. The predicted octanol–water partition coefficient (Wildman–Crippen LogP) is 1.87. The van der Waals surface area contributed by atoms with E-state index in [-0.39, 0.29) is 30.1 Å². The highest BCUT2D eigenvalue weighted by Gasteiger charge is 2.34. The molecule has 30 heavy (non-hydrogen) atoms. The van der Waals surface area contributed by atoms with Crippen LogP contribution in [0.25, 0.3) is 0 Å². The number of H-pyrrole nitrogens is 1. The van der Waals surface area contributed by atoms with Gasteiger partial charge >= 0.3 is 0 Å². The van der Waals surface area contributed by atoms with Crippen molar-refractivity contribution in [3.8, 4) is 0 Å². The van der Waals surface area contributed by atoms with E-state index in [4.69, 9.17) is 5.73 Å². The number of anilines is 1. The van der Waals surface area contributed by atoms with Crippen LogP contribution in [-0.2, 0) is 16.0 Å². The van der Waals surface area contributed by atoms with Crippen molar-refractivity contribution in [2.45, 2.75) is 38.6 Å². The van der Waals surface area contributed by atoms with Gasteiger partial charge in [0.15, 0.2) is 0 Å². The molecule has 2 amide bonds. The topological polar surface area (TPSA) is 103 Å². The number of nitrogens with zero attached hydrogens (tertiary/aromatic N) is 1. The molecule has 0 radical (unpaired) electrons. The second-order valence-electron chi connectivity index (χ2n) is 8.22. The van der Waals surface area contributed by atoms with E-state index in [1.54, 1.807) is 6.07 Å². The van der Waals surface area contributed by atoms with Crippen molar-refractivity contribution in [3.63, 3.8) is 0 Å². The van der Waals surface area contributed by atoms with E-state index in [0.29, 0.717) is 17.7 Å². The van der Waals surface area contributed by atoms with E-state index in [0.717, 1.165) is 48.7 Å². The minimum absolute atomic E-state index is 0.100. The van der Waals surface area contributed by atoms with Crippen molar-refractivity contribution in [2.75, 3.05) is 31.5 Å². The first kappa shape index (κ1) is 20.6. The van der Waals surface area contributed by atoms with Gasteiger partial charge in [-0.1, -0.05) is 0 Å². The fraction of sp³-hybridized carbons (Fsp3) is 0.455. The van der Waals surface area contributed by atoms with Gasteiger partial charge in [-0.15, -0.1) is 0 Å². The van der Waals surface area contributed by atoms with Crippen LogP contribution in [0.15, 0.2) is 18.2 Å². The fourth-order valence-corrected chi connectivity index (χ4v) is 4.84. The third kappa shape index (κ3) is 3.85. The zero-order valence-corrected chi connectivity index (χ0v) is 17.3. The number of amides is 2. The second kappa shape index (κ2) is 8.20. The lowest BCUT2D eigenvalue weighted by molar-refractivity contribution is -0.119. The molecule has 5 N–H and O–H groups in total. The number of nitrogens with one attached hydrogen (secondary N) is 3. The molecule has 0 spiro atoms. The first-order valence-electron chi connectivity index (χ1n) is 10.4. The molecule has 1 fully saturated rings. The smallest absolute Gasteiger partial charge is 0.232 e. The van der Waals surface area contributed by atoms with Crippen LogP contribution in [0, 0.1) is 19.7 Å². The zero-order valence-electron chi connectivity index (χ0n) is 17.3. The van der Waals surface area contributed by atoms with E-state index in [1.807, 2.05) is 13.8 Å². The number of primary amides is 1. The first-order chi connectivity index (χ1) is 14.3. The fourth-order valence-electron chi connectivity index (χ4n) is 4.84. The van der Waals surface area contributed by atoms with Crippen molar-refractivity contribution in [2.24, 2.45) is 5.73 Å². The number of carbonyl (C=O) groups excluding carboxylic acids is 2. The number of fused-ring (bicyclic) bond motifs is 1. The summed E-state index contributed by atoms with van der Waals surface area (Å²) < 4.78 is 13.8. The average Bonchev–Trinajstić information content (AvgIpc) is 3.16. The zero-order chi connectivity index (χ0) is 21.4. The summed E-state index contributed by atoms with van der Waals surface area (Å²) >= 11 is 0. The Hall–Kier alpha value is -2.71. The van der Waals surface area contributed by atoms with E-state index in [2.05, 4.69) is 20.5 Å². The summed E-state index contributed by atoms with van der Waals surface area (Å²) in [4.78, 5) is 30.1. The second-order valence-corrected chi connectivity index (χ2v) is 8.22. The van der Waals surface area contributed by atoms with Crippen LogP contribution in [0.1, 0.15) is 46.5 Å². The van der Waals surface area contributed by atoms with Crippen LogP contribution >= 0.6 is 0 Å². The molecule has 2 aliphatic rings. The average molecular weight is 413 g/mol. The highest BCUT2D eigenvalue weighted by molar-refractivity contribution is 6.03. The minimum atomic E-state index is -0.450. The molecule has 3 heterocycles. The van der Waals surface area contributed by atoms with E-state index in [9.17, 15) is 14.0 Å². The number of hydrogen-bond acceptors (Lipinski definition) is 4. The number of halogens is 1. The SMILES string of the molecule is Cc1[nH]c(CC2C(=O)Nc3ccc(F)cc32)c(C)c1C(CC(N)=O)N1CCNCC1. The lowest BCUT2D eigenvalue weighted by atomic mass is 9.92. The normalized spacial score (nSPS) is 20.1. The van der Waals surface area contributed by atoms with Gasteiger partial charge in [0.1, 0.15) is 5.82 Å². The van der Waals surface area contributed by atoms with Crippen LogP contribution in [-0.4, -0.2) is 47.9 Å². The summed E-state index contributed by atoms with van der Waals surface area (Å²) in [5.41, 5.74) is 11.0. The summed E-state index contributed by atoms with van der Waals surface area (Å²) in [7, 11) is 0. The highest BCUT2D eigenvalue weighted by atomic mass is 19.1. The van der Waals surface area contributed by atoms with Crippen LogP contribution in [0.5, 0.6) is 0 Å². The number of aryl methyl sites for hydroxylation is 1. The predicted molar refractivity (Wildman–Crippen MR) is 113 cm³/mol. The van der Waals surface area contributed by atoms with E-state index >= 15 is 0 Å². The molecule has 1 aromatic heterocycles. The maximum Gasteiger partial charge on any atom is 0.232 e. The van der Waals surface area contributed by atoms with Gasteiger partial charge in [-0.2, -0.15) is 0 Å². The molecule has 2 aromatic rings. The molecule has 2 atom stereocenters. The number of rotatable bonds is 6. The Morgan fingerprint density at radius 3 is 2.73 bits per heavy atom. The molecule has 160 valence electrons. The minimum Gasteiger partial charge on any atom is -0.370 e. The molecule has 2 aliphatic heterocycles. The van der Waals surface area contributed by atoms with Gasteiger partial charge in [0.2, 0.25) is 11.8 Å². The quantitative estimate of drug-likeness (QED) is 0.580. The Morgan fingerprint density at radius 1 is 1.30 bits per heavy atom. The number of piperazine rings is 1. The third-order valence-electron chi connectivity index (χ3n) is 6.29. The number of hydrogen-bond donors (Lipinski definition) is 4. The molecule has 8 heteroatoms. The van der Waals surface area contributed by atoms with Gasteiger partial charge in [0.25, 0.3) is 0 Å². The van der Waals surface area contributed by atoms with Crippen molar-refractivity contribution < 1.29 is 14.0 Å². The van der Waals surface area contributed by atoms with Gasteiger partial charge in [-0.05, 0) is 48.7 Å². The van der Waals surface area contributed by atoms with E-state index < -0.39 is 5.92 Å². The molecular formula is C22H28FN5O2. The molecule has 4 rings (SSSR count). The number of nitrogens with two attached hydrogens (primary N) is 1. The van der Waals surface area contributed by atoms with E-state index in [1.165, 1.54) is 12.1 Å². The van der Waals surface area contributed by atoms with Crippen LogP contribution in [0.4, 0.5) is 10.1 Å². The number of benzene rings is 1. The lowest BCUT2D eigenvalue weighted by Crippen LogP contribution is -2.46. The summed E-state index contributed by atoms with van der Waals surface area (Å²) in [5.74, 6) is -1.26. The summed E-state index contributed by atoms with van der Waals surface area (Å²) in [6.07, 6.45) is 0.691. The van der Waals surface area contributed by atoms with Crippen LogP contribution in [0.2, 0.25) is 0 Å². The third-order valence-corrected chi connectivity index (χ3v) is 6.29. The van der Waals surface area contributed by atoms with Crippen molar-refractivity contribution >= 4 is 17.5 Å². The Morgan fingerprint density at radius 2 is 2.03 bits per heavy atom. The molecule has 0 aliphatic carbocycles. The molecule has 0 bridgehead atoms. The Bertz CT molecular complexity index is 980. The number of aromatic nitrogens is 1.